The molecule has 0 aromatic heterocycles. The molecular weight excluding hydrogens is 276 g/mol. The molecule has 0 spiro atoms. The SMILES string of the molecule is N#CC(C#N)=CNc1ccc(OCCN2CCCCC2)cc1. The standard InChI is InChI=1S/C17H20N4O/c18-12-15(13-19)14-20-16-4-6-17(7-5-16)22-11-10-21-8-2-1-3-9-21/h4-7,14,20H,1-3,8-11H2. The molecule has 0 saturated carbocycles. The van der Waals surface area contributed by atoms with E-state index in [1.807, 2.05) is 24.3 Å². The van der Waals surface area contributed by atoms with Gasteiger partial charge in [-0.25, -0.2) is 0 Å². The Labute approximate surface area is 131 Å². The monoisotopic (exact) mass is 296 g/mol. The topological polar surface area (TPSA) is 72.1 Å². The summed E-state index contributed by atoms with van der Waals surface area (Å²) >= 11 is 0. The van der Waals surface area contributed by atoms with Crippen molar-refractivity contribution >= 4 is 5.69 Å². The van der Waals surface area contributed by atoms with Gasteiger partial charge in [-0.05, 0) is 50.2 Å². The van der Waals surface area contributed by atoms with Crippen LogP contribution >= 0.6 is 0 Å². The molecule has 5 nitrogen and oxygen atoms in total. The van der Waals surface area contributed by atoms with Gasteiger partial charge in [-0.1, -0.05) is 6.42 Å². The van der Waals surface area contributed by atoms with Crippen molar-refractivity contribution in [2.24, 2.45) is 0 Å². The van der Waals surface area contributed by atoms with Crippen LogP contribution in [0.15, 0.2) is 36.0 Å². The van der Waals surface area contributed by atoms with Crippen LogP contribution in [0.3, 0.4) is 0 Å². The Bertz CT molecular complexity index is 558. The lowest BCUT2D eigenvalue weighted by Crippen LogP contribution is -2.33. The van der Waals surface area contributed by atoms with Gasteiger partial charge in [0.2, 0.25) is 0 Å². The number of hydrogen-bond donors (Lipinski definition) is 1. The second-order valence-corrected chi connectivity index (χ2v) is 5.20. The maximum absolute atomic E-state index is 8.65. The van der Waals surface area contributed by atoms with E-state index in [1.165, 1.54) is 38.6 Å². The molecule has 1 heterocycles. The minimum atomic E-state index is 0.0434. The quantitative estimate of drug-likeness (QED) is 0.817. The molecule has 0 radical (unpaired) electrons. The largest absolute Gasteiger partial charge is 0.492 e. The summed E-state index contributed by atoms with van der Waals surface area (Å²) in [5.74, 6) is 0.826. The van der Waals surface area contributed by atoms with Crippen molar-refractivity contribution in [3.05, 3.63) is 36.0 Å². The van der Waals surface area contributed by atoms with Gasteiger partial charge in [0.05, 0.1) is 0 Å². The van der Waals surface area contributed by atoms with Crippen molar-refractivity contribution in [3.8, 4) is 17.9 Å². The van der Waals surface area contributed by atoms with Gasteiger partial charge in [0.1, 0.15) is 30.1 Å². The van der Waals surface area contributed by atoms with Crippen LogP contribution in [0.5, 0.6) is 5.75 Å². The Balaban J connectivity index is 1.76. The Morgan fingerprint density at radius 1 is 1.14 bits per heavy atom. The summed E-state index contributed by atoms with van der Waals surface area (Å²) < 4.78 is 5.74. The summed E-state index contributed by atoms with van der Waals surface area (Å²) in [6.07, 6.45) is 5.33. The van der Waals surface area contributed by atoms with Crippen LogP contribution in [-0.4, -0.2) is 31.1 Å². The Morgan fingerprint density at radius 3 is 2.45 bits per heavy atom. The van der Waals surface area contributed by atoms with Crippen molar-refractivity contribution in [2.75, 3.05) is 31.6 Å². The van der Waals surface area contributed by atoms with Crippen LogP contribution in [0.25, 0.3) is 0 Å². The van der Waals surface area contributed by atoms with Gasteiger partial charge < -0.3 is 10.1 Å². The molecular formula is C17H20N4O. The van der Waals surface area contributed by atoms with E-state index in [2.05, 4.69) is 10.2 Å². The molecule has 2 rings (SSSR count). The highest BCUT2D eigenvalue weighted by molar-refractivity contribution is 5.51. The van der Waals surface area contributed by atoms with E-state index in [0.717, 1.165) is 18.0 Å². The van der Waals surface area contributed by atoms with Crippen LogP contribution in [0.2, 0.25) is 0 Å². The average Bonchev–Trinajstić information content (AvgIpc) is 2.58. The highest BCUT2D eigenvalue weighted by Gasteiger charge is 2.09. The first-order valence-corrected chi connectivity index (χ1v) is 7.54. The number of ether oxygens (including phenoxy) is 1. The molecule has 1 aliphatic rings. The van der Waals surface area contributed by atoms with Crippen LogP contribution < -0.4 is 10.1 Å². The van der Waals surface area contributed by atoms with Crippen molar-refractivity contribution < 1.29 is 4.74 Å². The minimum Gasteiger partial charge on any atom is -0.492 e. The molecule has 1 aromatic rings. The van der Waals surface area contributed by atoms with Crippen LogP contribution in [0, 0.1) is 22.7 Å². The third-order valence-corrected chi connectivity index (χ3v) is 3.60. The van der Waals surface area contributed by atoms with E-state index in [0.29, 0.717) is 6.61 Å². The predicted octanol–water partition coefficient (Wildman–Crippen LogP) is 2.89. The number of nitrogens with zero attached hydrogens (tertiary/aromatic N) is 3. The zero-order valence-corrected chi connectivity index (χ0v) is 12.6. The summed E-state index contributed by atoms with van der Waals surface area (Å²) in [5.41, 5.74) is 0.855. The minimum absolute atomic E-state index is 0.0434. The molecule has 1 aliphatic heterocycles. The third-order valence-electron chi connectivity index (χ3n) is 3.60. The normalized spacial score (nSPS) is 14.5. The van der Waals surface area contributed by atoms with Gasteiger partial charge in [0.15, 0.2) is 0 Å². The summed E-state index contributed by atoms with van der Waals surface area (Å²) in [7, 11) is 0. The molecule has 114 valence electrons. The summed E-state index contributed by atoms with van der Waals surface area (Å²) in [4.78, 5) is 2.44. The Morgan fingerprint density at radius 2 is 1.82 bits per heavy atom. The fraction of sp³-hybridized carbons (Fsp3) is 0.412. The highest BCUT2D eigenvalue weighted by atomic mass is 16.5. The second-order valence-electron chi connectivity index (χ2n) is 5.20. The van der Waals surface area contributed by atoms with E-state index in [-0.39, 0.29) is 5.57 Å². The zero-order chi connectivity index (χ0) is 15.6. The zero-order valence-electron chi connectivity index (χ0n) is 12.6. The number of likely N-dealkylation sites (tertiary alicyclic amines) is 1. The summed E-state index contributed by atoms with van der Waals surface area (Å²) in [6, 6.07) is 11.1. The number of piperidine rings is 1. The molecule has 1 N–H and O–H groups in total. The van der Waals surface area contributed by atoms with E-state index >= 15 is 0 Å². The van der Waals surface area contributed by atoms with Crippen LogP contribution in [0.4, 0.5) is 5.69 Å². The van der Waals surface area contributed by atoms with Gasteiger partial charge in [-0.3, -0.25) is 4.90 Å². The van der Waals surface area contributed by atoms with Gasteiger partial charge in [0, 0.05) is 18.4 Å². The molecule has 0 atom stereocenters. The van der Waals surface area contributed by atoms with E-state index in [9.17, 15) is 0 Å². The predicted molar refractivity (Wildman–Crippen MR) is 85.2 cm³/mol. The number of rotatable bonds is 6. The summed E-state index contributed by atoms with van der Waals surface area (Å²) in [5, 5.41) is 20.2. The molecule has 1 aromatic carbocycles. The number of anilines is 1. The van der Waals surface area contributed by atoms with Crippen molar-refractivity contribution in [1.82, 2.24) is 4.90 Å². The number of allylic oxidation sites excluding steroid dienone is 1. The molecule has 5 heteroatoms. The second kappa shape index (κ2) is 8.71. The maximum atomic E-state index is 8.65. The maximum Gasteiger partial charge on any atom is 0.145 e. The van der Waals surface area contributed by atoms with E-state index in [1.54, 1.807) is 12.1 Å². The Hall–Kier alpha value is -2.50. The first-order chi connectivity index (χ1) is 10.8. The summed E-state index contributed by atoms with van der Waals surface area (Å²) in [6.45, 7) is 4.02. The Kier molecular flexibility index (Phi) is 6.29. The lowest BCUT2D eigenvalue weighted by molar-refractivity contribution is 0.183. The molecule has 0 aliphatic carbocycles. The molecule has 1 fully saturated rings. The van der Waals surface area contributed by atoms with Gasteiger partial charge in [0.25, 0.3) is 0 Å². The average molecular weight is 296 g/mol. The third kappa shape index (κ3) is 5.12. The fourth-order valence-electron chi connectivity index (χ4n) is 2.37. The van der Waals surface area contributed by atoms with Crippen molar-refractivity contribution in [1.29, 1.82) is 10.5 Å². The first kappa shape index (κ1) is 15.9. The first-order valence-electron chi connectivity index (χ1n) is 7.54. The van der Waals surface area contributed by atoms with Gasteiger partial charge >= 0.3 is 0 Å². The highest BCUT2D eigenvalue weighted by Crippen LogP contribution is 2.16. The number of hydrogen-bond acceptors (Lipinski definition) is 5. The number of nitrogens with one attached hydrogen (secondary N) is 1. The molecule has 1 saturated heterocycles. The van der Waals surface area contributed by atoms with Crippen molar-refractivity contribution in [2.45, 2.75) is 19.3 Å². The van der Waals surface area contributed by atoms with E-state index in [4.69, 9.17) is 15.3 Å². The molecule has 0 unspecified atom stereocenters. The number of benzene rings is 1. The smallest absolute Gasteiger partial charge is 0.145 e. The van der Waals surface area contributed by atoms with E-state index < -0.39 is 0 Å². The lowest BCUT2D eigenvalue weighted by atomic mass is 10.1. The molecule has 0 amide bonds. The molecule has 0 bridgehead atoms. The van der Waals surface area contributed by atoms with Crippen LogP contribution in [-0.2, 0) is 0 Å². The van der Waals surface area contributed by atoms with Gasteiger partial charge in [-0.2, -0.15) is 10.5 Å². The van der Waals surface area contributed by atoms with Crippen molar-refractivity contribution in [3.63, 3.8) is 0 Å². The van der Waals surface area contributed by atoms with Gasteiger partial charge in [-0.15, -0.1) is 0 Å². The number of nitriles is 2. The van der Waals surface area contributed by atoms with Crippen LogP contribution in [0.1, 0.15) is 19.3 Å². The molecule has 22 heavy (non-hydrogen) atoms. The fourth-order valence-corrected chi connectivity index (χ4v) is 2.37. The lowest BCUT2D eigenvalue weighted by Gasteiger charge is -2.26.